The van der Waals surface area contributed by atoms with E-state index in [2.05, 4.69) is 0 Å². The predicted molar refractivity (Wildman–Crippen MR) is 59.8 cm³/mol. The van der Waals surface area contributed by atoms with Gasteiger partial charge in [0, 0.05) is 5.92 Å². The van der Waals surface area contributed by atoms with Crippen LogP contribution in [0.15, 0.2) is 30.3 Å². The summed E-state index contributed by atoms with van der Waals surface area (Å²) in [5.74, 6) is 1.39. The third kappa shape index (κ3) is 2.69. The average molecular weight is 202 g/mol. The quantitative estimate of drug-likeness (QED) is 0.702. The van der Waals surface area contributed by atoms with E-state index >= 15 is 0 Å². The molecule has 0 amide bonds. The van der Waals surface area contributed by atoms with Crippen molar-refractivity contribution < 1.29 is 9.53 Å². The molecule has 0 spiro atoms. The van der Waals surface area contributed by atoms with E-state index in [1.54, 1.807) is 13.2 Å². The summed E-state index contributed by atoms with van der Waals surface area (Å²) in [7, 11) is 1.64. The highest BCUT2D eigenvalue weighted by Gasteiger charge is 2.27. The fourth-order valence-electron chi connectivity index (χ4n) is 1.40. The van der Waals surface area contributed by atoms with Gasteiger partial charge in [0.2, 0.25) is 0 Å². The molecular weight excluding hydrogens is 188 g/mol. The summed E-state index contributed by atoms with van der Waals surface area (Å²) in [6.45, 7) is 0. The Labute approximate surface area is 89.6 Å². The van der Waals surface area contributed by atoms with Crippen molar-refractivity contribution in [2.24, 2.45) is 5.92 Å². The van der Waals surface area contributed by atoms with Gasteiger partial charge in [-0.3, -0.25) is 4.79 Å². The molecule has 2 nitrogen and oxygen atoms in total. The van der Waals surface area contributed by atoms with E-state index in [1.165, 1.54) is 0 Å². The number of benzene rings is 1. The first-order chi connectivity index (χ1) is 7.29. The Bertz CT molecular complexity index is 372. The maximum atomic E-state index is 11.4. The summed E-state index contributed by atoms with van der Waals surface area (Å²) in [6, 6.07) is 7.66. The van der Waals surface area contributed by atoms with Crippen molar-refractivity contribution in [3.8, 4) is 5.75 Å². The molecule has 0 N–H and O–H groups in total. The second-order valence-electron chi connectivity index (χ2n) is 3.78. The Kier molecular flexibility index (Phi) is 2.86. The number of ketones is 1. The molecule has 2 heteroatoms. The summed E-state index contributed by atoms with van der Waals surface area (Å²) in [5.41, 5.74) is 1.03. The fourth-order valence-corrected chi connectivity index (χ4v) is 1.40. The lowest BCUT2D eigenvalue weighted by Crippen LogP contribution is -1.93. The first kappa shape index (κ1) is 9.97. The van der Waals surface area contributed by atoms with Crippen LogP contribution in [-0.4, -0.2) is 12.9 Å². The number of hydrogen-bond acceptors (Lipinski definition) is 2. The number of rotatable bonds is 4. The summed E-state index contributed by atoms with van der Waals surface area (Å²) in [5, 5.41) is 0. The van der Waals surface area contributed by atoms with Crippen LogP contribution in [0, 0.1) is 5.92 Å². The van der Waals surface area contributed by atoms with Crippen LogP contribution in [0.2, 0.25) is 0 Å². The molecule has 1 aliphatic carbocycles. The van der Waals surface area contributed by atoms with Gasteiger partial charge in [0.1, 0.15) is 5.75 Å². The van der Waals surface area contributed by atoms with Crippen LogP contribution < -0.4 is 4.74 Å². The monoisotopic (exact) mass is 202 g/mol. The van der Waals surface area contributed by atoms with Crippen LogP contribution in [0.1, 0.15) is 18.4 Å². The van der Waals surface area contributed by atoms with Crippen molar-refractivity contribution >= 4 is 11.9 Å². The molecule has 15 heavy (non-hydrogen) atoms. The minimum absolute atomic E-state index is 0.255. The van der Waals surface area contributed by atoms with Gasteiger partial charge in [-0.05, 0) is 36.6 Å². The predicted octanol–water partition coefficient (Wildman–Crippen LogP) is 2.69. The summed E-state index contributed by atoms with van der Waals surface area (Å²) < 4.78 is 5.05. The van der Waals surface area contributed by atoms with Crippen molar-refractivity contribution in [3.05, 3.63) is 35.9 Å². The van der Waals surface area contributed by atoms with E-state index in [-0.39, 0.29) is 5.78 Å². The molecule has 0 aromatic heterocycles. The smallest absolute Gasteiger partial charge is 0.158 e. The summed E-state index contributed by atoms with van der Waals surface area (Å²) in [6.07, 6.45) is 5.66. The average Bonchev–Trinajstić information content (AvgIpc) is 3.10. The van der Waals surface area contributed by atoms with Crippen LogP contribution in [0.3, 0.4) is 0 Å². The second-order valence-corrected chi connectivity index (χ2v) is 3.78. The molecule has 78 valence electrons. The van der Waals surface area contributed by atoms with Crippen LogP contribution in [0.4, 0.5) is 0 Å². The normalized spacial score (nSPS) is 15.5. The zero-order valence-corrected chi connectivity index (χ0v) is 8.77. The van der Waals surface area contributed by atoms with Crippen LogP contribution in [0.5, 0.6) is 5.75 Å². The Balaban J connectivity index is 2.00. The van der Waals surface area contributed by atoms with E-state index in [1.807, 2.05) is 30.3 Å². The first-order valence-electron chi connectivity index (χ1n) is 5.15. The maximum Gasteiger partial charge on any atom is 0.158 e. The van der Waals surface area contributed by atoms with Crippen LogP contribution in [-0.2, 0) is 4.79 Å². The molecule has 1 aromatic rings. The Morgan fingerprint density at radius 1 is 1.33 bits per heavy atom. The number of ether oxygens (including phenoxy) is 1. The van der Waals surface area contributed by atoms with E-state index in [0.717, 1.165) is 24.2 Å². The Morgan fingerprint density at radius 2 is 2.00 bits per heavy atom. The number of carbonyl (C=O) groups is 1. The van der Waals surface area contributed by atoms with E-state index in [0.29, 0.717) is 5.92 Å². The second kappa shape index (κ2) is 4.30. The lowest BCUT2D eigenvalue weighted by atomic mass is 10.1. The molecule has 0 radical (unpaired) electrons. The number of hydrogen-bond donors (Lipinski definition) is 0. The number of carbonyl (C=O) groups excluding carboxylic acids is 1. The topological polar surface area (TPSA) is 26.3 Å². The third-order valence-corrected chi connectivity index (χ3v) is 2.54. The van der Waals surface area contributed by atoms with Gasteiger partial charge in [0.15, 0.2) is 5.78 Å². The van der Waals surface area contributed by atoms with Gasteiger partial charge < -0.3 is 4.74 Å². The first-order valence-corrected chi connectivity index (χ1v) is 5.15. The molecule has 0 saturated heterocycles. The van der Waals surface area contributed by atoms with Crippen molar-refractivity contribution in [1.82, 2.24) is 0 Å². The van der Waals surface area contributed by atoms with Crippen LogP contribution in [0.25, 0.3) is 6.08 Å². The molecule has 1 saturated carbocycles. The van der Waals surface area contributed by atoms with E-state index in [4.69, 9.17) is 4.74 Å². The van der Waals surface area contributed by atoms with Crippen molar-refractivity contribution in [1.29, 1.82) is 0 Å². The molecule has 1 aromatic carbocycles. The van der Waals surface area contributed by atoms with E-state index < -0.39 is 0 Å². The van der Waals surface area contributed by atoms with Gasteiger partial charge in [0.25, 0.3) is 0 Å². The largest absolute Gasteiger partial charge is 0.497 e. The minimum atomic E-state index is 0.255. The number of methoxy groups -OCH3 is 1. The zero-order chi connectivity index (χ0) is 10.7. The van der Waals surface area contributed by atoms with Gasteiger partial charge in [-0.15, -0.1) is 0 Å². The van der Waals surface area contributed by atoms with E-state index in [9.17, 15) is 4.79 Å². The highest BCUT2D eigenvalue weighted by Crippen LogP contribution is 2.30. The Morgan fingerprint density at radius 3 is 2.53 bits per heavy atom. The maximum absolute atomic E-state index is 11.4. The number of allylic oxidation sites excluding steroid dienone is 1. The molecular formula is C13H14O2. The molecule has 1 aliphatic rings. The molecule has 1 fully saturated rings. The minimum Gasteiger partial charge on any atom is -0.497 e. The van der Waals surface area contributed by atoms with Crippen LogP contribution >= 0.6 is 0 Å². The zero-order valence-electron chi connectivity index (χ0n) is 8.77. The van der Waals surface area contributed by atoms with Gasteiger partial charge >= 0.3 is 0 Å². The molecule has 2 rings (SSSR count). The van der Waals surface area contributed by atoms with Gasteiger partial charge in [-0.1, -0.05) is 18.2 Å². The molecule has 0 unspecified atom stereocenters. The van der Waals surface area contributed by atoms with Gasteiger partial charge in [-0.2, -0.15) is 0 Å². The summed E-state index contributed by atoms with van der Waals surface area (Å²) >= 11 is 0. The SMILES string of the molecule is COc1ccc(C=CC(=O)C2CC2)cc1. The highest BCUT2D eigenvalue weighted by atomic mass is 16.5. The molecule has 0 atom stereocenters. The molecule has 0 heterocycles. The van der Waals surface area contributed by atoms with Crippen molar-refractivity contribution in [3.63, 3.8) is 0 Å². The fraction of sp³-hybridized carbons (Fsp3) is 0.308. The standard InChI is InChI=1S/C13H14O2/c1-15-12-7-2-10(3-8-12)4-9-13(14)11-5-6-11/h2-4,7-9,11H,5-6H2,1H3. The van der Waals surface area contributed by atoms with Crippen molar-refractivity contribution in [2.75, 3.05) is 7.11 Å². The molecule has 0 bridgehead atoms. The third-order valence-electron chi connectivity index (χ3n) is 2.54. The van der Waals surface area contributed by atoms with Gasteiger partial charge in [-0.25, -0.2) is 0 Å². The molecule has 0 aliphatic heterocycles. The lowest BCUT2D eigenvalue weighted by Gasteiger charge is -1.98. The Hall–Kier alpha value is -1.57. The van der Waals surface area contributed by atoms with Gasteiger partial charge in [0.05, 0.1) is 7.11 Å². The lowest BCUT2D eigenvalue weighted by molar-refractivity contribution is -0.115. The highest BCUT2D eigenvalue weighted by molar-refractivity contribution is 5.96. The summed E-state index contributed by atoms with van der Waals surface area (Å²) in [4.78, 5) is 11.4. The van der Waals surface area contributed by atoms with Crippen molar-refractivity contribution in [2.45, 2.75) is 12.8 Å².